The smallest absolute Gasteiger partial charge is 0.222 e. The fourth-order valence-corrected chi connectivity index (χ4v) is 3.98. The normalized spacial score (nSPS) is 18.7. The zero-order valence-corrected chi connectivity index (χ0v) is 18.9. The van der Waals surface area contributed by atoms with Gasteiger partial charge in [0.15, 0.2) is 5.96 Å². The third-order valence-corrected chi connectivity index (χ3v) is 5.78. The molecule has 2 aliphatic rings. The second-order valence-corrected chi connectivity index (χ2v) is 8.28. The molecule has 0 aliphatic carbocycles. The van der Waals surface area contributed by atoms with E-state index in [1.807, 2.05) is 11.0 Å². The first kappa shape index (κ1) is 23.5. The minimum absolute atomic E-state index is 0.229. The van der Waals surface area contributed by atoms with Crippen LogP contribution in [0.15, 0.2) is 29.3 Å². The number of carbonyl (C=O) groups is 1. The van der Waals surface area contributed by atoms with Crippen molar-refractivity contribution in [2.45, 2.75) is 45.6 Å². The van der Waals surface area contributed by atoms with Crippen molar-refractivity contribution in [3.63, 3.8) is 0 Å². The Hall–Kier alpha value is -2.12. The lowest BCUT2D eigenvalue weighted by Crippen LogP contribution is -2.38. The minimum atomic E-state index is 0.229. The van der Waals surface area contributed by atoms with Gasteiger partial charge in [0, 0.05) is 58.3 Å². The fourth-order valence-electron chi connectivity index (χ4n) is 3.98. The summed E-state index contributed by atoms with van der Waals surface area (Å²) < 4.78 is 11.1. The summed E-state index contributed by atoms with van der Waals surface area (Å²) >= 11 is 0. The van der Waals surface area contributed by atoms with Crippen molar-refractivity contribution in [3.8, 4) is 0 Å². The molecule has 0 spiro atoms. The van der Waals surface area contributed by atoms with Gasteiger partial charge >= 0.3 is 0 Å². The van der Waals surface area contributed by atoms with E-state index >= 15 is 0 Å². The van der Waals surface area contributed by atoms with Gasteiger partial charge in [-0.2, -0.15) is 0 Å². The molecule has 1 fully saturated rings. The summed E-state index contributed by atoms with van der Waals surface area (Å²) in [7, 11) is 0. The molecule has 1 atom stereocenters. The van der Waals surface area contributed by atoms with Gasteiger partial charge in [0.1, 0.15) is 0 Å². The molecule has 3 rings (SSSR count). The molecule has 1 saturated heterocycles. The van der Waals surface area contributed by atoms with Gasteiger partial charge in [-0.15, -0.1) is 0 Å². The third kappa shape index (κ3) is 8.15. The molecule has 1 amide bonds. The third-order valence-electron chi connectivity index (χ3n) is 5.78. The first-order valence-corrected chi connectivity index (χ1v) is 11.8. The summed E-state index contributed by atoms with van der Waals surface area (Å²) in [6, 6.07) is 8.41. The number of nitrogens with one attached hydrogen (secondary N) is 2. The molecule has 1 aromatic rings. The molecule has 1 aromatic carbocycles. The highest BCUT2D eigenvalue weighted by Crippen LogP contribution is 2.19. The highest BCUT2D eigenvalue weighted by Gasteiger charge is 2.19. The lowest BCUT2D eigenvalue weighted by molar-refractivity contribution is -0.132. The Morgan fingerprint density at radius 3 is 2.94 bits per heavy atom. The molecule has 31 heavy (non-hydrogen) atoms. The van der Waals surface area contributed by atoms with E-state index in [-0.39, 0.29) is 5.91 Å². The lowest BCUT2D eigenvalue weighted by atomic mass is 9.99. The lowest BCUT2D eigenvalue weighted by Gasteiger charge is -2.28. The Bertz CT molecular complexity index is 704. The van der Waals surface area contributed by atoms with Crippen molar-refractivity contribution in [3.05, 3.63) is 35.4 Å². The van der Waals surface area contributed by atoms with Crippen LogP contribution in [-0.2, 0) is 27.2 Å². The van der Waals surface area contributed by atoms with E-state index < -0.39 is 0 Å². The van der Waals surface area contributed by atoms with Crippen LogP contribution in [0.4, 0.5) is 0 Å². The Morgan fingerprint density at radius 2 is 2.13 bits per heavy atom. The molecular formula is C24H38N4O3. The molecule has 172 valence electrons. The van der Waals surface area contributed by atoms with Crippen molar-refractivity contribution < 1.29 is 14.3 Å². The maximum Gasteiger partial charge on any atom is 0.222 e. The summed E-state index contributed by atoms with van der Waals surface area (Å²) in [6.07, 6.45) is 4.31. The average molecular weight is 431 g/mol. The van der Waals surface area contributed by atoms with Crippen molar-refractivity contribution in [1.82, 2.24) is 15.5 Å². The maximum absolute atomic E-state index is 12.6. The van der Waals surface area contributed by atoms with Crippen LogP contribution in [0.1, 0.15) is 43.7 Å². The number of guanidine groups is 1. The monoisotopic (exact) mass is 430 g/mol. The van der Waals surface area contributed by atoms with Gasteiger partial charge in [0.25, 0.3) is 0 Å². The van der Waals surface area contributed by atoms with Crippen LogP contribution < -0.4 is 10.6 Å². The van der Waals surface area contributed by atoms with E-state index in [2.05, 4.69) is 40.7 Å². The van der Waals surface area contributed by atoms with Crippen molar-refractivity contribution in [2.75, 3.05) is 52.6 Å². The van der Waals surface area contributed by atoms with E-state index in [1.165, 1.54) is 11.1 Å². The quantitative estimate of drug-likeness (QED) is 0.320. The summed E-state index contributed by atoms with van der Waals surface area (Å²) in [6.45, 7) is 9.14. The van der Waals surface area contributed by atoms with Crippen molar-refractivity contribution in [2.24, 2.45) is 10.9 Å². The number of nitrogens with zero attached hydrogens (tertiary/aromatic N) is 2. The van der Waals surface area contributed by atoms with Gasteiger partial charge in [-0.1, -0.05) is 24.3 Å². The number of hydrogen-bond acceptors (Lipinski definition) is 4. The van der Waals surface area contributed by atoms with Gasteiger partial charge in [-0.3, -0.25) is 9.79 Å². The molecule has 2 heterocycles. The van der Waals surface area contributed by atoms with E-state index in [0.29, 0.717) is 18.9 Å². The summed E-state index contributed by atoms with van der Waals surface area (Å²) in [4.78, 5) is 19.2. The number of ether oxygens (including phenoxy) is 2. The topological polar surface area (TPSA) is 75.2 Å². The molecule has 2 N–H and O–H groups in total. The van der Waals surface area contributed by atoms with Gasteiger partial charge in [0.2, 0.25) is 5.91 Å². The van der Waals surface area contributed by atoms with Crippen LogP contribution in [0.25, 0.3) is 0 Å². The fraction of sp³-hybridized carbons (Fsp3) is 0.667. The van der Waals surface area contributed by atoms with Crippen LogP contribution in [0, 0.1) is 5.92 Å². The number of carbonyl (C=O) groups excluding carboxylic acids is 1. The molecule has 1 unspecified atom stereocenters. The number of rotatable bonds is 11. The Kier molecular flexibility index (Phi) is 10.1. The maximum atomic E-state index is 12.6. The summed E-state index contributed by atoms with van der Waals surface area (Å²) in [5, 5.41) is 6.62. The Morgan fingerprint density at radius 1 is 1.26 bits per heavy atom. The Labute approximate surface area is 186 Å². The minimum Gasteiger partial charge on any atom is -0.381 e. The zero-order chi connectivity index (χ0) is 21.7. The van der Waals surface area contributed by atoms with Gasteiger partial charge in [0.05, 0.1) is 13.2 Å². The largest absolute Gasteiger partial charge is 0.381 e. The van der Waals surface area contributed by atoms with E-state index in [9.17, 15) is 4.79 Å². The van der Waals surface area contributed by atoms with Crippen LogP contribution >= 0.6 is 0 Å². The van der Waals surface area contributed by atoms with Gasteiger partial charge < -0.3 is 25.0 Å². The Balaban J connectivity index is 1.28. The highest BCUT2D eigenvalue weighted by molar-refractivity contribution is 5.80. The van der Waals surface area contributed by atoms with Crippen LogP contribution in [0.5, 0.6) is 0 Å². The van der Waals surface area contributed by atoms with Crippen LogP contribution in [-0.4, -0.2) is 69.4 Å². The molecule has 0 aromatic heterocycles. The second kappa shape index (κ2) is 13.3. The standard InChI is InChI=1S/C24H38N4O3/c1-2-25-24(27-13-6-15-30-18-20-11-16-31-19-20)26-12-5-9-23(29)28-14-10-21-7-3-4-8-22(21)17-28/h3-4,7-8,20H,2,5-6,9-19H2,1H3,(H2,25,26,27). The molecule has 7 heteroatoms. The first-order valence-electron chi connectivity index (χ1n) is 11.8. The van der Waals surface area contributed by atoms with Gasteiger partial charge in [-0.25, -0.2) is 0 Å². The van der Waals surface area contributed by atoms with Crippen LogP contribution in [0.3, 0.4) is 0 Å². The summed E-state index contributed by atoms with van der Waals surface area (Å²) in [5.41, 5.74) is 2.65. The van der Waals surface area contributed by atoms with E-state index in [1.54, 1.807) is 0 Å². The number of aliphatic imine (C=N–C) groups is 1. The van der Waals surface area contributed by atoms with Gasteiger partial charge in [-0.05, 0) is 43.7 Å². The number of hydrogen-bond donors (Lipinski definition) is 2. The van der Waals surface area contributed by atoms with Crippen molar-refractivity contribution >= 4 is 11.9 Å². The highest BCUT2D eigenvalue weighted by atomic mass is 16.5. The second-order valence-electron chi connectivity index (χ2n) is 8.28. The van der Waals surface area contributed by atoms with E-state index in [0.717, 1.165) is 84.2 Å². The SMILES string of the molecule is CCNC(=NCCCC(=O)N1CCc2ccccc2C1)NCCCOCC1CCOC1. The molecule has 0 radical (unpaired) electrons. The van der Waals surface area contributed by atoms with E-state index in [4.69, 9.17) is 9.47 Å². The molecule has 0 bridgehead atoms. The molecule has 7 nitrogen and oxygen atoms in total. The first-order chi connectivity index (χ1) is 15.3. The number of amides is 1. The number of benzene rings is 1. The number of fused-ring (bicyclic) bond motifs is 1. The predicted octanol–water partition coefficient (Wildman–Crippen LogP) is 2.35. The predicted molar refractivity (Wildman–Crippen MR) is 123 cm³/mol. The van der Waals surface area contributed by atoms with Crippen molar-refractivity contribution in [1.29, 1.82) is 0 Å². The zero-order valence-electron chi connectivity index (χ0n) is 18.9. The average Bonchev–Trinajstić information content (AvgIpc) is 3.32. The van der Waals surface area contributed by atoms with Crippen LogP contribution in [0.2, 0.25) is 0 Å². The molecular weight excluding hydrogens is 392 g/mol. The summed E-state index contributed by atoms with van der Waals surface area (Å²) in [5.74, 6) is 1.60. The molecule has 0 saturated carbocycles. The molecule has 2 aliphatic heterocycles.